The molecule has 0 atom stereocenters. The highest BCUT2D eigenvalue weighted by atomic mass is 16.5. The Kier molecular flexibility index (Phi) is 5.07. The zero-order chi connectivity index (χ0) is 18.7. The quantitative estimate of drug-likeness (QED) is 0.659. The molecule has 0 saturated heterocycles. The molecule has 134 valence electrons. The predicted molar refractivity (Wildman–Crippen MR) is 101 cm³/mol. The number of rotatable bonds is 5. The summed E-state index contributed by atoms with van der Waals surface area (Å²) in [6.07, 6.45) is 1.61. The molecule has 5 heteroatoms. The van der Waals surface area contributed by atoms with Crippen molar-refractivity contribution in [2.24, 2.45) is 0 Å². The lowest BCUT2D eigenvalue weighted by Gasteiger charge is -2.10. The molecule has 0 bridgehead atoms. The SMILES string of the molecule is COc1ccc2c(=O)n(Cc3ccc(C(=O)OC(C)C)cc3)ccc2c1. The molecule has 0 N–H and O–H groups in total. The molecular formula is C21H21NO4. The number of pyridine rings is 1. The van der Waals surface area contributed by atoms with Crippen molar-refractivity contribution in [3.8, 4) is 5.75 Å². The van der Waals surface area contributed by atoms with E-state index in [1.165, 1.54) is 0 Å². The maximum absolute atomic E-state index is 12.7. The van der Waals surface area contributed by atoms with Gasteiger partial charge in [0, 0.05) is 11.6 Å². The van der Waals surface area contributed by atoms with Gasteiger partial charge in [-0.05, 0) is 61.2 Å². The van der Waals surface area contributed by atoms with Gasteiger partial charge in [0.25, 0.3) is 5.56 Å². The first-order chi connectivity index (χ1) is 12.5. The molecule has 26 heavy (non-hydrogen) atoms. The van der Waals surface area contributed by atoms with Crippen LogP contribution in [-0.4, -0.2) is 23.8 Å². The Labute approximate surface area is 151 Å². The third-order valence-corrected chi connectivity index (χ3v) is 4.07. The van der Waals surface area contributed by atoms with E-state index in [4.69, 9.17) is 9.47 Å². The van der Waals surface area contributed by atoms with E-state index in [1.54, 1.807) is 42.1 Å². The number of fused-ring (bicyclic) bond motifs is 1. The van der Waals surface area contributed by atoms with Crippen molar-refractivity contribution in [2.45, 2.75) is 26.5 Å². The average Bonchev–Trinajstić information content (AvgIpc) is 2.63. The number of nitrogens with zero attached hydrogens (tertiary/aromatic N) is 1. The number of methoxy groups -OCH3 is 1. The molecule has 0 saturated carbocycles. The Hall–Kier alpha value is -3.08. The lowest BCUT2D eigenvalue weighted by Crippen LogP contribution is -2.20. The van der Waals surface area contributed by atoms with Crippen LogP contribution in [0.2, 0.25) is 0 Å². The van der Waals surface area contributed by atoms with Gasteiger partial charge >= 0.3 is 5.97 Å². The summed E-state index contributed by atoms with van der Waals surface area (Å²) >= 11 is 0. The van der Waals surface area contributed by atoms with Crippen molar-refractivity contribution in [1.29, 1.82) is 0 Å². The highest BCUT2D eigenvalue weighted by molar-refractivity contribution is 5.89. The Balaban J connectivity index is 1.83. The van der Waals surface area contributed by atoms with Crippen LogP contribution in [0.5, 0.6) is 5.75 Å². The maximum Gasteiger partial charge on any atom is 0.338 e. The second-order valence-corrected chi connectivity index (χ2v) is 6.35. The molecule has 1 aromatic heterocycles. The molecule has 0 aliphatic rings. The number of carbonyl (C=O) groups is 1. The lowest BCUT2D eigenvalue weighted by molar-refractivity contribution is 0.0378. The predicted octanol–water partition coefficient (Wildman–Crippen LogP) is 3.62. The first-order valence-electron chi connectivity index (χ1n) is 8.45. The molecule has 0 aliphatic carbocycles. The van der Waals surface area contributed by atoms with E-state index in [2.05, 4.69) is 0 Å². The highest BCUT2D eigenvalue weighted by Crippen LogP contribution is 2.18. The van der Waals surface area contributed by atoms with Gasteiger partial charge in [-0.3, -0.25) is 4.79 Å². The summed E-state index contributed by atoms with van der Waals surface area (Å²) in [6.45, 7) is 4.06. The molecule has 2 aromatic carbocycles. The molecule has 0 unspecified atom stereocenters. The zero-order valence-electron chi connectivity index (χ0n) is 15.1. The van der Waals surface area contributed by atoms with Crippen molar-refractivity contribution in [3.63, 3.8) is 0 Å². The number of hydrogen-bond donors (Lipinski definition) is 0. The van der Waals surface area contributed by atoms with Gasteiger partial charge in [0.2, 0.25) is 0 Å². The third-order valence-electron chi connectivity index (χ3n) is 4.07. The Morgan fingerprint density at radius 1 is 1.08 bits per heavy atom. The van der Waals surface area contributed by atoms with Crippen molar-refractivity contribution < 1.29 is 14.3 Å². The van der Waals surface area contributed by atoms with E-state index in [9.17, 15) is 9.59 Å². The summed E-state index contributed by atoms with van der Waals surface area (Å²) in [7, 11) is 1.60. The zero-order valence-corrected chi connectivity index (χ0v) is 15.1. The summed E-state index contributed by atoms with van der Waals surface area (Å²) in [4.78, 5) is 24.6. The summed E-state index contributed by atoms with van der Waals surface area (Å²) in [5, 5.41) is 1.49. The van der Waals surface area contributed by atoms with Gasteiger partial charge in [-0.15, -0.1) is 0 Å². The first kappa shape index (κ1) is 17.7. The Morgan fingerprint density at radius 2 is 1.81 bits per heavy atom. The minimum atomic E-state index is -0.344. The highest BCUT2D eigenvalue weighted by Gasteiger charge is 2.09. The first-order valence-corrected chi connectivity index (χ1v) is 8.45. The molecule has 5 nitrogen and oxygen atoms in total. The van der Waals surface area contributed by atoms with Gasteiger partial charge in [-0.1, -0.05) is 12.1 Å². The molecule has 3 aromatic rings. The minimum Gasteiger partial charge on any atom is -0.497 e. The maximum atomic E-state index is 12.7. The second-order valence-electron chi connectivity index (χ2n) is 6.35. The van der Waals surface area contributed by atoms with E-state index in [0.29, 0.717) is 17.5 Å². The van der Waals surface area contributed by atoms with E-state index in [-0.39, 0.29) is 17.6 Å². The molecule has 0 fully saturated rings. The van der Waals surface area contributed by atoms with Crippen molar-refractivity contribution in [2.75, 3.05) is 7.11 Å². The normalized spacial score (nSPS) is 10.9. The van der Waals surface area contributed by atoms with Crippen molar-refractivity contribution in [1.82, 2.24) is 4.57 Å². The van der Waals surface area contributed by atoms with Gasteiger partial charge < -0.3 is 14.0 Å². The fourth-order valence-corrected chi connectivity index (χ4v) is 2.74. The fourth-order valence-electron chi connectivity index (χ4n) is 2.74. The smallest absolute Gasteiger partial charge is 0.338 e. The number of ether oxygens (including phenoxy) is 2. The lowest BCUT2D eigenvalue weighted by atomic mass is 10.1. The molecule has 0 aliphatic heterocycles. The van der Waals surface area contributed by atoms with Crippen LogP contribution in [0.3, 0.4) is 0 Å². The van der Waals surface area contributed by atoms with Gasteiger partial charge in [-0.2, -0.15) is 0 Å². The van der Waals surface area contributed by atoms with Crippen LogP contribution in [0.1, 0.15) is 29.8 Å². The number of benzene rings is 2. The largest absolute Gasteiger partial charge is 0.497 e. The van der Waals surface area contributed by atoms with E-state index in [0.717, 1.165) is 16.7 Å². The van der Waals surface area contributed by atoms with Crippen LogP contribution in [0.4, 0.5) is 0 Å². The average molecular weight is 351 g/mol. The van der Waals surface area contributed by atoms with Crippen LogP contribution in [0, 0.1) is 0 Å². The van der Waals surface area contributed by atoms with Gasteiger partial charge in [0.15, 0.2) is 0 Å². The van der Waals surface area contributed by atoms with Gasteiger partial charge in [0.05, 0.1) is 25.3 Å². The van der Waals surface area contributed by atoms with E-state index in [1.807, 2.05) is 38.1 Å². The summed E-state index contributed by atoms with van der Waals surface area (Å²) in [5.41, 5.74) is 1.37. The van der Waals surface area contributed by atoms with Crippen LogP contribution >= 0.6 is 0 Å². The molecule has 0 spiro atoms. The van der Waals surface area contributed by atoms with Crippen molar-refractivity contribution in [3.05, 3.63) is 76.2 Å². The Bertz CT molecular complexity index is 987. The number of carbonyl (C=O) groups excluding carboxylic acids is 1. The minimum absolute atomic E-state index is 0.0616. The van der Waals surface area contributed by atoms with Crippen LogP contribution in [0.15, 0.2) is 59.5 Å². The van der Waals surface area contributed by atoms with Crippen LogP contribution in [0.25, 0.3) is 10.8 Å². The topological polar surface area (TPSA) is 57.5 Å². The number of aromatic nitrogens is 1. The van der Waals surface area contributed by atoms with Gasteiger partial charge in [-0.25, -0.2) is 4.79 Å². The molecule has 3 rings (SSSR count). The number of hydrogen-bond acceptors (Lipinski definition) is 4. The van der Waals surface area contributed by atoms with E-state index >= 15 is 0 Å². The summed E-state index contributed by atoms with van der Waals surface area (Å²) in [6, 6.07) is 14.4. The van der Waals surface area contributed by atoms with Crippen LogP contribution in [-0.2, 0) is 11.3 Å². The monoisotopic (exact) mass is 351 g/mol. The Morgan fingerprint density at radius 3 is 2.46 bits per heavy atom. The third kappa shape index (κ3) is 3.77. The fraction of sp³-hybridized carbons (Fsp3) is 0.238. The molecule has 0 radical (unpaired) electrons. The van der Waals surface area contributed by atoms with Crippen LogP contribution < -0.4 is 10.3 Å². The summed E-state index contributed by atoms with van der Waals surface area (Å²) < 4.78 is 12.0. The number of esters is 1. The summed E-state index contributed by atoms with van der Waals surface area (Å²) in [5.74, 6) is 0.377. The molecule has 0 amide bonds. The van der Waals surface area contributed by atoms with E-state index < -0.39 is 0 Å². The standard InChI is InChI=1S/C21H21NO4/c1-14(2)26-21(24)16-6-4-15(5-7-16)13-22-11-10-17-12-18(25-3)8-9-19(17)20(22)23/h4-12,14H,13H2,1-3H3. The molecular weight excluding hydrogens is 330 g/mol. The van der Waals surface area contributed by atoms with Gasteiger partial charge in [0.1, 0.15) is 5.75 Å². The molecule has 1 heterocycles. The second kappa shape index (κ2) is 7.44. The van der Waals surface area contributed by atoms with Crippen molar-refractivity contribution >= 4 is 16.7 Å².